The van der Waals surface area contributed by atoms with Crippen molar-refractivity contribution in [2.45, 2.75) is 45.3 Å². The Bertz CT molecular complexity index is 849. The number of ether oxygens (including phenoxy) is 1. The summed E-state index contributed by atoms with van der Waals surface area (Å²) in [6, 6.07) is 3.83. The van der Waals surface area contributed by atoms with Gasteiger partial charge >= 0.3 is 6.09 Å². The number of fused-ring (bicyclic) bond motifs is 1. The van der Waals surface area contributed by atoms with Gasteiger partial charge in [0.25, 0.3) is 0 Å². The first-order valence-electron chi connectivity index (χ1n) is 8.20. The van der Waals surface area contributed by atoms with E-state index in [0.717, 1.165) is 12.8 Å². The molecule has 1 saturated heterocycles. The van der Waals surface area contributed by atoms with E-state index in [2.05, 4.69) is 16.3 Å². The third kappa shape index (κ3) is 3.69. The summed E-state index contributed by atoms with van der Waals surface area (Å²) >= 11 is 5.91. The van der Waals surface area contributed by atoms with Crippen molar-refractivity contribution in [3.05, 3.63) is 23.0 Å². The quantitative estimate of drug-likeness (QED) is 0.775. The van der Waals surface area contributed by atoms with E-state index >= 15 is 0 Å². The number of piperidine rings is 1. The van der Waals surface area contributed by atoms with Crippen LogP contribution in [0.3, 0.4) is 0 Å². The van der Waals surface area contributed by atoms with Gasteiger partial charge in [0.15, 0.2) is 10.8 Å². The Hall–Kier alpha value is -2.33. The molecule has 1 aliphatic rings. The van der Waals surface area contributed by atoms with E-state index in [-0.39, 0.29) is 17.3 Å². The summed E-state index contributed by atoms with van der Waals surface area (Å²) in [7, 11) is 0. The van der Waals surface area contributed by atoms with Crippen LogP contribution in [0, 0.1) is 11.3 Å². The minimum Gasteiger partial charge on any atom is -0.444 e. The number of aromatic nitrogens is 3. The van der Waals surface area contributed by atoms with Crippen LogP contribution in [0.2, 0.25) is 5.15 Å². The Morgan fingerprint density at radius 1 is 1.44 bits per heavy atom. The van der Waals surface area contributed by atoms with Gasteiger partial charge in [-0.15, -0.1) is 10.2 Å². The molecule has 0 N–H and O–H groups in total. The minimum absolute atomic E-state index is 0.0151. The van der Waals surface area contributed by atoms with Gasteiger partial charge in [-0.05, 0) is 39.7 Å². The first-order valence-corrected chi connectivity index (χ1v) is 8.58. The van der Waals surface area contributed by atoms with Crippen molar-refractivity contribution in [3.63, 3.8) is 0 Å². The molecule has 25 heavy (non-hydrogen) atoms. The number of carbonyl (C=O) groups excluding carboxylic acids is 1. The lowest BCUT2D eigenvalue weighted by atomic mass is 10.1. The molecule has 1 fully saturated rings. The maximum Gasteiger partial charge on any atom is 0.410 e. The van der Waals surface area contributed by atoms with Crippen LogP contribution in [0.1, 0.15) is 45.2 Å². The Morgan fingerprint density at radius 3 is 2.88 bits per heavy atom. The van der Waals surface area contributed by atoms with Gasteiger partial charge in [0, 0.05) is 24.7 Å². The van der Waals surface area contributed by atoms with Crippen LogP contribution in [0.5, 0.6) is 0 Å². The average molecular weight is 362 g/mol. The summed E-state index contributed by atoms with van der Waals surface area (Å²) in [5, 5.41) is 18.3. The van der Waals surface area contributed by atoms with E-state index in [1.54, 1.807) is 17.2 Å². The highest BCUT2D eigenvalue weighted by atomic mass is 35.5. The zero-order chi connectivity index (χ0) is 18.2. The molecule has 0 spiro atoms. The van der Waals surface area contributed by atoms with Crippen LogP contribution in [0.25, 0.3) is 11.0 Å². The first-order chi connectivity index (χ1) is 11.8. The van der Waals surface area contributed by atoms with Gasteiger partial charge in [-0.1, -0.05) is 11.6 Å². The Morgan fingerprint density at radius 2 is 2.20 bits per heavy atom. The molecular weight excluding hydrogens is 342 g/mol. The molecule has 1 atom stereocenters. The molecule has 0 bridgehead atoms. The molecule has 0 aliphatic carbocycles. The standard InChI is InChI=1S/C17H20ClN5O2/c1-17(2,3)25-16(24)22-6-4-5-12(10-22)23-9-11(8-19)13-7-14(18)20-21-15(13)23/h7,9,12H,4-6,10H2,1-3H3/t12-/m1/s1. The highest BCUT2D eigenvalue weighted by Crippen LogP contribution is 2.29. The fraction of sp³-hybridized carbons (Fsp3) is 0.529. The van der Waals surface area contributed by atoms with Crippen LogP contribution in [-0.2, 0) is 4.74 Å². The highest BCUT2D eigenvalue weighted by Gasteiger charge is 2.29. The topological polar surface area (TPSA) is 84.0 Å². The van der Waals surface area contributed by atoms with Crippen molar-refractivity contribution in [2.75, 3.05) is 13.1 Å². The molecule has 1 amide bonds. The first kappa shape index (κ1) is 17.5. The lowest BCUT2D eigenvalue weighted by Crippen LogP contribution is -2.43. The summed E-state index contributed by atoms with van der Waals surface area (Å²) in [4.78, 5) is 14.1. The summed E-state index contributed by atoms with van der Waals surface area (Å²) in [5.74, 6) is 0. The number of likely N-dealkylation sites (tertiary alicyclic amines) is 1. The molecule has 0 saturated carbocycles. The fourth-order valence-corrected chi connectivity index (χ4v) is 3.21. The van der Waals surface area contributed by atoms with E-state index in [1.165, 1.54) is 0 Å². The molecule has 7 nitrogen and oxygen atoms in total. The van der Waals surface area contributed by atoms with Crippen LogP contribution >= 0.6 is 11.6 Å². The molecule has 3 heterocycles. The van der Waals surface area contributed by atoms with Gasteiger partial charge in [-0.3, -0.25) is 0 Å². The number of hydrogen-bond acceptors (Lipinski definition) is 5. The minimum atomic E-state index is -0.527. The molecule has 0 unspecified atom stereocenters. The third-order valence-electron chi connectivity index (χ3n) is 4.11. The maximum atomic E-state index is 12.4. The molecule has 0 aromatic carbocycles. The second-order valence-electron chi connectivity index (χ2n) is 7.19. The van der Waals surface area contributed by atoms with Crippen molar-refractivity contribution < 1.29 is 9.53 Å². The van der Waals surface area contributed by atoms with Gasteiger partial charge in [0.1, 0.15) is 11.7 Å². The average Bonchev–Trinajstić information content (AvgIpc) is 2.91. The lowest BCUT2D eigenvalue weighted by Gasteiger charge is -2.34. The van der Waals surface area contributed by atoms with Gasteiger partial charge < -0.3 is 14.2 Å². The van der Waals surface area contributed by atoms with Gasteiger partial charge in [-0.25, -0.2) is 4.79 Å². The molecule has 2 aromatic rings. The van der Waals surface area contributed by atoms with E-state index in [9.17, 15) is 10.1 Å². The van der Waals surface area contributed by atoms with Crippen LogP contribution in [-0.4, -0.2) is 44.4 Å². The molecule has 1 aliphatic heterocycles. The molecule has 3 rings (SSSR count). The summed E-state index contributed by atoms with van der Waals surface area (Å²) < 4.78 is 7.40. The molecule has 132 valence electrons. The van der Waals surface area contributed by atoms with E-state index in [4.69, 9.17) is 16.3 Å². The monoisotopic (exact) mass is 361 g/mol. The predicted octanol–water partition coefficient (Wildman–Crippen LogP) is 3.53. The van der Waals surface area contributed by atoms with Gasteiger partial charge in [0.05, 0.1) is 11.6 Å². The van der Waals surface area contributed by atoms with E-state index in [1.807, 2.05) is 25.3 Å². The normalized spacial score (nSPS) is 18.2. The number of nitrogens with zero attached hydrogens (tertiary/aromatic N) is 5. The van der Waals surface area contributed by atoms with Crippen molar-refractivity contribution in [2.24, 2.45) is 0 Å². The van der Waals surface area contributed by atoms with Crippen LogP contribution < -0.4 is 0 Å². The highest BCUT2D eigenvalue weighted by molar-refractivity contribution is 6.29. The number of nitriles is 1. The number of amides is 1. The second-order valence-corrected chi connectivity index (χ2v) is 7.58. The van der Waals surface area contributed by atoms with Crippen LogP contribution in [0.15, 0.2) is 12.3 Å². The largest absolute Gasteiger partial charge is 0.444 e. The Labute approximate surface area is 151 Å². The number of rotatable bonds is 1. The van der Waals surface area contributed by atoms with Crippen molar-refractivity contribution in [3.8, 4) is 6.07 Å². The Kier molecular flexibility index (Phi) is 4.56. The molecule has 0 radical (unpaired) electrons. The van der Waals surface area contributed by atoms with Crippen molar-refractivity contribution in [1.29, 1.82) is 5.26 Å². The smallest absolute Gasteiger partial charge is 0.410 e. The number of halogens is 1. The Balaban J connectivity index is 1.88. The summed E-state index contributed by atoms with van der Waals surface area (Å²) in [6.07, 6.45) is 3.19. The molecule has 8 heteroatoms. The van der Waals surface area contributed by atoms with Crippen molar-refractivity contribution >= 4 is 28.7 Å². The summed E-state index contributed by atoms with van der Waals surface area (Å²) in [5.41, 5.74) is 0.582. The zero-order valence-corrected chi connectivity index (χ0v) is 15.2. The van der Waals surface area contributed by atoms with Crippen LogP contribution in [0.4, 0.5) is 4.79 Å². The van der Waals surface area contributed by atoms with Crippen molar-refractivity contribution in [1.82, 2.24) is 19.7 Å². The van der Waals surface area contributed by atoms with Gasteiger partial charge in [-0.2, -0.15) is 5.26 Å². The second kappa shape index (κ2) is 6.52. The fourth-order valence-electron chi connectivity index (χ4n) is 3.06. The SMILES string of the molecule is CC(C)(C)OC(=O)N1CCC[C@@H](n2cc(C#N)c3cc(Cl)nnc32)C1. The lowest BCUT2D eigenvalue weighted by molar-refractivity contribution is 0.0174. The molecular formula is C17H20ClN5O2. The van der Waals surface area contributed by atoms with E-state index in [0.29, 0.717) is 29.7 Å². The van der Waals surface area contributed by atoms with E-state index < -0.39 is 5.60 Å². The molecule has 2 aromatic heterocycles. The summed E-state index contributed by atoms with van der Waals surface area (Å²) in [6.45, 7) is 6.72. The van der Waals surface area contributed by atoms with Gasteiger partial charge in [0.2, 0.25) is 0 Å². The predicted molar refractivity (Wildman–Crippen MR) is 93.3 cm³/mol. The third-order valence-corrected chi connectivity index (χ3v) is 4.29. The maximum absolute atomic E-state index is 12.4. The number of carbonyl (C=O) groups is 1. The zero-order valence-electron chi connectivity index (χ0n) is 14.5. The number of hydrogen-bond donors (Lipinski definition) is 0.